The first-order valence-electron chi connectivity index (χ1n) is 6.70. The van der Waals surface area contributed by atoms with Gasteiger partial charge in [0.15, 0.2) is 0 Å². The first-order chi connectivity index (χ1) is 8.25. The summed E-state index contributed by atoms with van der Waals surface area (Å²) in [6.07, 6.45) is 4.05. The zero-order valence-corrected chi connectivity index (χ0v) is 11.8. The van der Waals surface area contributed by atoms with Crippen LogP contribution in [0.15, 0.2) is 17.5 Å². The maximum absolute atomic E-state index is 3.63. The number of nitrogens with zero attached hydrogens (tertiary/aromatic N) is 1. The molecule has 2 nitrogen and oxygen atoms in total. The van der Waals surface area contributed by atoms with Crippen molar-refractivity contribution in [2.45, 2.75) is 32.2 Å². The molecule has 1 fully saturated rings. The molecule has 1 atom stereocenters. The highest BCUT2D eigenvalue weighted by molar-refractivity contribution is 7.09. The molecule has 1 unspecified atom stereocenters. The summed E-state index contributed by atoms with van der Waals surface area (Å²) < 4.78 is 0. The van der Waals surface area contributed by atoms with Crippen molar-refractivity contribution in [3.63, 3.8) is 0 Å². The Morgan fingerprint density at radius 2 is 2.29 bits per heavy atom. The normalized spacial score (nSPS) is 17.6. The second-order valence-corrected chi connectivity index (χ2v) is 6.25. The molecule has 2 rings (SSSR count). The van der Waals surface area contributed by atoms with Crippen LogP contribution in [-0.4, -0.2) is 37.6 Å². The van der Waals surface area contributed by atoms with Crippen LogP contribution in [0.2, 0.25) is 0 Å². The molecule has 1 aromatic heterocycles. The van der Waals surface area contributed by atoms with E-state index in [-0.39, 0.29) is 0 Å². The minimum absolute atomic E-state index is 0.723. The van der Waals surface area contributed by atoms with Crippen LogP contribution < -0.4 is 5.32 Å². The third-order valence-electron chi connectivity index (χ3n) is 3.61. The van der Waals surface area contributed by atoms with Gasteiger partial charge in [-0.2, -0.15) is 0 Å². The molecule has 1 N–H and O–H groups in total. The predicted octanol–water partition coefficient (Wildman–Crippen LogP) is 2.61. The molecule has 1 aliphatic carbocycles. The van der Waals surface area contributed by atoms with Crippen molar-refractivity contribution < 1.29 is 0 Å². The summed E-state index contributed by atoms with van der Waals surface area (Å²) in [5.74, 6) is 0.964. The highest BCUT2D eigenvalue weighted by Gasteiger charge is 2.27. The van der Waals surface area contributed by atoms with Gasteiger partial charge in [0.05, 0.1) is 0 Å². The Morgan fingerprint density at radius 3 is 2.94 bits per heavy atom. The van der Waals surface area contributed by atoms with Crippen molar-refractivity contribution in [2.24, 2.45) is 5.92 Å². The molecular weight excluding hydrogens is 228 g/mol. The molecule has 96 valence electrons. The fraction of sp³-hybridized carbons (Fsp3) is 0.714. The third kappa shape index (κ3) is 4.78. The van der Waals surface area contributed by atoms with Crippen LogP contribution in [0.5, 0.6) is 0 Å². The van der Waals surface area contributed by atoms with Crippen LogP contribution in [0, 0.1) is 5.92 Å². The monoisotopic (exact) mass is 252 g/mol. The van der Waals surface area contributed by atoms with E-state index in [0.717, 1.165) is 25.0 Å². The van der Waals surface area contributed by atoms with Gasteiger partial charge >= 0.3 is 0 Å². The van der Waals surface area contributed by atoms with Crippen LogP contribution in [0.3, 0.4) is 0 Å². The smallest absolute Gasteiger partial charge is 0.0104 e. The predicted molar refractivity (Wildman–Crippen MR) is 75.7 cm³/mol. The Bertz CT molecular complexity index is 306. The van der Waals surface area contributed by atoms with E-state index >= 15 is 0 Å². The number of hydrogen-bond donors (Lipinski definition) is 1. The Labute approximate surface area is 109 Å². The Kier molecular flexibility index (Phi) is 5.01. The Hall–Kier alpha value is -0.380. The van der Waals surface area contributed by atoms with E-state index in [9.17, 15) is 0 Å². The zero-order valence-electron chi connectivity index (χ0n) is 11.0. The van der Waals surface area contributed by atoms with Crippen LogP contribution in [-0.2, 0) is 6.42 Å². The van der Waals surface area contributed by atoms with Gasteiger partial charge in [-0.25, -0.2) is 0 Å². The number of hydrogen-bond acceptors (Lipinski definition) is 3. The van der Waals surface area contributed by atoms with E-state index in [0.29, 0.717) is 0 Å². The second kappa shape index (κ2) is 6.53. The molecule has 17 heavy (non-hydrogen) atoms. The van der Waals surface area contributed by atoms with Gasteiger partial charge in [0.25, 0.3) is 0 Å². The Balaban J connectivity index is 1.52. The maximum atomic E-state index is 3.63. The highest BCUT2D eigenvalue weighted by atomic mass is 32.1. The minimum Gasteiger partial charge on any atom is -0.313 e. The average Bonchev–Trinajstić information content (AvgIpc) is 3.04. The summed E-state index contributed by atoms with van der Waals surface area (Å²) in [4.78, 5) is 3.92. The second-order valence-electron chi connectivity index (χ2n) is 5.21. The van der Waals surface area contributed by atoms with Gasteiger partial charge in [0.2, 0.25) is 0 Å². The summed E-state index contributed by atoms with van der Waals surface area (Å²) in [6.45, 7) is 5.77. The van der Waals surface area contributed by atoms with E-state index in [1.807, 2.05) is 11.3 Å². The number of rotatable bonds is 8. The SMILES string of the molecule is CC(NCCN(C)CCc1cccs1)C1CC1. The summed E-state index contributed by atoms with van der Waals surface area (Å²) in [7, 11) is 2.22. The lowest BCUT2D eigenvalue weighted by Crippen LogP contribution is -2.35. The molecule has 3 heteroatoms. The van der Waals surface area contributed by atoms with Crippen LogP contribution in [0.4, 0.5) is 0 Å². The number of nitrogens with one attached hydrogen (secondary N) is 1. The Morgan fingerprint density at radius 1 is 1.47 bits per heavy atom. The van der Waals surface area contributed by atoms with E-state index in [2.05, 4.69) is 41.7 Å². The molecule has 1 aromatic rings. The number of thiophene rings is 1. The molecule has 0 bridgehead atoms. The quantitative estimate of drug-likeness (QED) is 0.765. The fourth-order valence-corrected chi connectivity index (χ4v) is 2.81. The molecule has 0 aromatic carbocycles. The van der Waals surface area contributed by atoms with Gasteiger partial charge in [-0.3, -0.25) is 0 Å². The van der Waals surface area contributed by atoms with E-state index < -0.39 is 0 Å². The first-order valence-corrected chi connectivity index (χ1v) is 7.58. The van der Waals surface area contributed by atoms with Gasteiger partial charge in [-0.05, 0) is 50.6 Å². The van der Waals surface area contributed by atoms with E-state index in [4.69, 9.17) is 0 Å². The van der Waals surface area contributed by atoms with Gasteiger partial charge in [-0.1, -0.05) is 6.07 Å². The van der Waals surface area contributed by atoms with E-state index in [1.165, 1.54) is 30.7 Å². The summed E-state index contributed by atoms with van der Waals surface area (Å²) in [5.41, 5.74) is 0. The largest absolute Gasteiger partial charge is 0.313 e. The molecule has 0 aliphatic heterocycles. The molecule has 1 aliphatic rings. The van der Waals surface area contributed by atoms with Crippen LogP contribution >= 0.6 is 11.3 Å². The molecule has 1 saturated carbocycles. The fourth-order valence-electron chi connectivity index (χ4n) is 2.11. The van der Waals surface area contributed by atoms with E-state index in [1.54, 1.807) is 0 Å². The lowest BCUT2D eigenvalue weighted by Gasteiger charge is -2.18. The van der Waals surface area contributed by atoms with Gasteiger partial charge in [-0.15, -0.1) is 11.3 Å². The van der Waals surface area contributed by atoms with Crippen LogP contribution in [0.1, 0.15) is 24.6 Å². The van der Waals surface area contributed by atoms with Gasteiger partial charge < -0.3 is 10.2 Å². The topological polar surface area (TPSA) is 15.3 Å². The lowest BCUT2D eigenvalue weighted by atomic mass is 10.2. The molecule has 1 heterocycles. The third-order valence-corrected chi connectivity index (χ3v) is 4.55. The molecule has 0 spiro atoms. The zero-order chi connectivity index (χ0) is 12.1. The molecule has 0 radical (unpaired) electrons. The first kappa shape index (κ1) is 13.1. The number of likely N-dealkylation sites (N-methyl/N-ethyl adjacent to an activating group) is 1. The molecule has 0 amide bonds. The summed E-state index contributed by atoms with van der Waals surface area (Å²) in [5, 5.41) is 5.79. The van der Waals surface area contributed by atoms with Crippen molar-refractivity contribution in [3.05, 3.63) is 22.4 Å². The average molecular weight is 252 g/mol. The minimum atomic E-state index is 0.723. The van der Waals surface area contributed by atoms with Gasteiger partial charge in [0, 0.05) is 30.6 Å². The van der Waals surface area contributed by atoms with Gasteiger partial charge in [0.1, 0.15) is 0 Å². The highest BCUT2D eigenvalue weighted by Crippen LogP contribution is 2.32. The molecular formula is C14H24N2S. The van der Waals surface area contributed by atoms with Crippen molar-refractivity contribution >= 4 is 11.3 Å². The maximum Gasteiger partial charge on any atom is 0.0104 e. The standard InChI is InChI=1S/C14H24N2S/c1-12(13-5-6-13)15-8-10-16(2)9-7-14-4-3-11-17-14/h3-4,11-13,15H,5-10H2,1-2H3. The summed E-state index contributed by atoms with van der Waals surface area (Å²) in [6, 6.07) is 5.09. The summed E-state index contributed by atoms with van der Waals surface area (Å²) >= 11 is 1.86. The lowest BCUT2D eigenvalue weighted by molar-refractivity contribution is 0.326. The van der Waals surface area contributed by atoms with Crippen LogP contribution in [0.25, 0.3) is 0 Å². The van der Waals surface area contributed by atoms with Crippen molar-refractivity contribution in [2.75, 3.05) is 26.7 Å². The molecule has 0 saturated heterocycles. The van der Waals surface area contributed by atoms with Crippen molar-refractivity contribution in [1.29, 1.82) is 0 Å². The van der Waals surface area contributed by atoms with Crippen molar-refractivity contribution in [3.8, 4) is 0 Å². The van der Waals surface area contributed by atoms with Crippen molar-refractivity contribution in [1.82, 2.24) is 10.2 Å².